The molecule has 0 bridgehead atoms. The molecule has 66 valence electrons. The summed E-state index contributed by atoms with van der Waals surface area (Å²) in [7, 11) is 0. The van der Waals surface area contributed by atoms with E-state index < -0.39 is 0 Å². The van der Waals surface area contributed by atoms with E-state index >= 15 is 0 Å². The van der Waals surface area contributed by atoms with Crippen LogP contribution in [0.2, 0.25) is 0 Å². The molecule has 2 aromatic rings. The van der Waals surface area contributed by atoms with E-state index in [1.165, 1.54) is 11.3 Å². The Hall–Kier alpha value is -1.42. The monoisotopic (exact) mass is 191 g/mol. The molecule has 0 radical (unpaired) electrons. The Balaban J connectivity index is 2.53. The van der Waals surface area contributed by atoms with Gasteiger partial charge in [0, 0.05) is 18.0 Å². The van der Waals surface area contributed by atoms with Crippen molar-refractivity contribution in [3.63, 3.8) is 0 Å². The van der Waals surface area contributed by atoms with E-state index in [0.29, 0.717) is 0 Å². The fourth-order valence-corrected chi connectivity index (χ4v) is 1.87. The van der Waals surface area contributed by atoms with Crippen molar-refractivity contribution in [2.45, 2.75) is 6.92 Å². The Labute approximate surface area is 80.3 Å². The third-order valence-electron chi connectivity index (χ3n) is 1.70. The van der Waals surface area contributed by atoms with Crippen LogP contribution in [0.3, 0.4) is 0 Å². The Morgan fingerprint density at radius 1 is 1.46 bits per heavy atom. The number of nitrogen functional groups attached to an aromatic ring is 1. The molecule has 0 unspecified atom stereocenters. The van der Waals surface area contributed by atoms with Crippen LogP contribution in [0.5, 0.6) is 0 Å². The van der Waals surface area contributed by atoms with Gasteiger partial charge in [0.15, 0.2) is 0 Å². The first-order chi connectivity index (χ1) is 6.27. The van der Waals surface area contributed by atoms with E-state index in [4.69, 9.17) is 5.73 Å². The van der Waals surface area contributed by atoms with E-state index in [2.05, 4.69) is 9.97 Å². The second kappa shape index (κ2) is 3.14. The molecule has 0 spiro atoms. The van der Waals surface area contributed by atoms with Gasteiger partial charge in [-0.25, -0.2) is 4.98 Å². The summed E-state index contributed by atoms with van der Waals surface area (Å²) in [5.74, 6) is 0. The zero-order chi connectivity index (χ0) is 9.26. The summed E-state index contributed by atoms with van der Waals surface area (Å²) < 4.78 is 0. The summed E-state index contributed by atoms with van der Waals surface area (Å²) in [4.78, 5) is 8.35. The van der Waals surface area contributed by atoms with Crippen molar-refractivity contribution in [2.24, 2.45) is 0 Å². The molecular formula is C9H9N3S. The molecule has 0 aromatic carbocycles. The molecule has 0 fully saturated rings. The number of aromatic nitrogens is 2. The number of anilines is 1. The first-order valence-corrected chi connectivity index (χ1v) is 4.72. The van der Waals surface area contributed by atoms with Crippen molar-refractivity contribution in [1.82, 2.24) is 9.97 Å². The average molecular weight is 191 g/mol. The number of hydrogen-bond donors (Lipinski definition) is 1. The van der Waals surface area contributed by atoms with Crippen molar-refractivity contribution in [3.05, 3.63) is 29.5 Å². The van der Waals surface area contributed by atoms with Crippen molar-refractivity contribution < 1.29 is 0 Å². The maximum atomic E-state index is 5.80. The molecule has 0 saturated heterocycles. The van der Waals surface area contributed by atoms with Crippen LogP contribution in [0.4, 0.5) is 5.00 Å². The van der Waals surface area contributed by atoms with Crippen LogP contribution < -0.4 is 5.73 Å². The Morgan fingerprint density at radius 2 is 2.31 bits per heavy atom. The Kier molecular flexibility index (Phi) is 1.98. The highest BCUT2D eigenvalue weighted by molar-refractivity contribution is 7.16. The van der Waals surface area contributed by atoms with Gasteiger partial charge in [0.2, 0.25) is 0 Å². The van der Waals surface area contributed by atoms with Crippen molar-refractivity contribution >= 4 is 16.3 Å². The smallest absolute Gasteiger partial charge is 0.114 e. The molecule has 0 saturated carbocycles. The van der Waals surface area contributed by atoms with Crippen LogP contribution in [0.1, 0.15) is 5.01 Å². The number of nitrogens with zero attached hydrogens (tertiary/aromatic N) is 2. The SMILES string of the molecule is Cc1nc(-c2cccnc2)c(N)s1. The predicted molar refractivity (Wildman–Crippen MR) is 54.5 cm³/mol. The second-order valence-corrected chi connectivity index (χ2v) is 3.92. The largest absolute Gasteiger partial charge is 0.389 e. The first-order valence-electron chi connectivity index (χ1n) is 3.90. The summed E-state index contributed by atoms with van der Waals surface area (Å²) in [6, 6.07) is 3.83. The van der Waals surface area contributed by atoms with Crippen LogP contribution in [0, 0.1) is 6.92 Å². The summed E-state index contributed by atoms with van der Waals surface area (Å²) in [6.07, 6.45) is 3.50. The minimum Gasteiger partial charge on any atom is -0.389 e. The molecule has 0 amide bonds. The van der Waals surface area contributed by atoms with Gasteiger partial charge in [-0.05, 0) is 19.1 Å². The molecule has 0 aliphatic heterocycles. The molecule has 2 aromatic heterocycles. The number of aryl methyl sites for hydroxylation is 1. The lowest BCUT2D eigenvalue weighted by Gasteiger charge is -1.95. The minimum absolute atomic E-state index is 0.755. The number of nitrogens with two attached hydrogens (primary N) is 1. The van der Waals surface area contributed by atoms with E-state index in [-0.39, 0.29) is 0 Å². The van der Waals surface area contributed by atoms with Gasteiger partial charge < -0.3 is 5.73 Å². The fraction of sp³-hybridized carbons (Fsp3) is 0.111. The number of thiazole rings is 1. The van der Waals surface area contributed by atoms with Crippen LogP contribution in [-0.4, -0.2) is 9.97 Å². The normalized spacial score (nSPS) is 10.2. The molecule has 0 aliphatic carbocycles. The molecule has 0 atom stereocenters. The number of hydrogen-bond acceptors (Lipinski definition) is 4. The lowest BCUT2D eigenvalue weighted by atomic mass is 10.2. The number of rotatable bonds is 1. The van der Waals surface area contributed by atoms with Gasteiger partial charge in [0.25, 0.3) is 0 Å². The van der Waals surface area contributed by atoms with Crippen molar-refractivity contribution in [3.8, 4) is 11.3 Å². The zero-order valence-corrected chi connectivity index (χ0v) is 8.01. The first kappa shape index (κ1) is 8.19. The van der Waals surface area contributed by atoms with Crippen molar-refractivity contribution in [1.29, 1.82) is 0 Å². The maximum Gasteiger partial charge on any atom is 0.114 e. The third-order valence-corrected chi connectivity index (χ3v) is 2.50. The van der Waals surface area contributed by atoms with Gasteiger partial charge in [-0.15, -0.1) is 11.3 Å². The van der Waals surface area contributed by atoms with Crippen LogP contribution in [0.15, 0.2) is 24.5 Å². The number of pyridine rings is 1. The summed E-state index contributed by atoms with van der Waals surface area (Å²) in [5.41, 5.74) is 7.62. The van der Waals surface area contributed by atoms with Gasteiger partial charge in [-0.3, -0.25) is 4.98 Å². The molecule has 13 heavy (non-hydrogen) atoms. The zero-order valence-electron chi connectivity index (χ0n) is 7.19. The molecule has 0 aliphatic rings. The highest BCUT2D eigenvalue weighted by Crippen LogP contribution is 2.29. The quantitative estimate of drug-likeness (QED) is 0.751. The average Bonchev–Trinajstić information content (AvgIpc) is 2.47. The van der Waals surface area contributed by atoms with E-state index in [9.17, 15) is 0 Å². The highest BCUT2D eigenvalue weighted by Gasteiger charge is 2.07. The van der Waals surface area contributed by atoms with Crippen LogP contribution in [-0.2, 0) is 0 Å². The van der Waals surface area contributed by atoms with E-state index in [0.717, 1.165) is 21.3 Å². The van der Waals surface area contributed by atoms with Gasteiger partial charge in [-0.1, -0.05) is 0 Å². The standard InChI is InChI=1S/C9H9N3S/c1-6-12-8(9(10)13-6)7-3-2-4-11-5-7/h2-5H,10H2,1H3. The van der Waals surface area contributed by atoms with Gasteiger partial charge in [0.1, 0.15) is 10.7 Å². The Bertz CT molecular complexity index is 408. The molecule has 2 N–H and O–H groups in total. The van der Waals surface area contributed by atoms with Crippen LogP contribution >= 0.6 is 11.3 Å². The topological polar surface area (TPSA) is 51.8 Å². The van der Waals surface area contributed by atoms with Gasteiger partial charge >= 0.3 is 0 Å². The fourth-order valence-electron chi connectivity index (χ4n) is 1.15. The molecule has 2 heterocycles. The summed E-state index contributed by atoms with van der Waals surface area (Å²) in [5, 5.41) is 1.74. The summed E-state index contributed by atoms with van der Waals surface area (Å²) >= 11 is 1.50. The third kappa shape index (κ3) is 1.53. The van der Waals surface area contributed by atoms with Crippen LogP contribution in [0.25, 0.3) is 11.3 Å². The highest BCUT2D eigenvalue weighted by atomic mass is 32.1. The van der Waals surface area contributed by atoms with E-state index in [1.54, 1.807) is 12.4 Å². The Morgan fingerprint density at radius 3 is 2.85 bits per heavy atom. The van der Waals surface area contributed by atoms with E-state index in [1.807, 2.05) is 19.1 Å². The molecular weight excluding hydrogens is 182 g/mol. The lowest BCUT2D eigenvalue weighted by molar-refractivity contribution is 1.27. The maximum absolute atomic E-state index is 5.80. The predicted octanol–water partition coefficient (Wildman–Crippen LogP) is 2.10. The summed E-state index contributed by atoms with van der Waals surface area (Å²) in [6.45, 7) is 1.95. The second-order valence-electron chi connectivity index (χ2n) is 2.69. The molecule has 4 heteroatoms. The van der Waals surface area contributed by atoms with Crippen molar-refractivity contribution in [2.75, 3.05) is 5.73 Å². The lowest BCUT2D eigenvalue weighted by Crippen LogP contribution is -1.85. The van der Waals surface area contributed by atoms with Gasteiger partial charge in [-0.2, -0.15) is 0 Å². The van der Waals surface area contributed by atoms with Gasteiger partial charge in [0.05, 0.1) is 5.01 Å². The minimum atomic E-state index is 0.755. The molecule has 2 rings (SSSR count). The molecule has 3 nitrogen and oxygen atoms in total.